The Morgan fingerprint density at radius 2 is 1.59 bits per heavy atom. The van der Waals surface area contributed by atoms with Gasteiger partial charge in [-0.15, -0.1) is 6.58 Å². The summed E-state index contributed by atoms with van der Waals surface area (Å²) < 4.78 is 13.7. The number of halogens is 1. The molecule has 0 fully saturated rings. The van der Waals surface area contributed by atoms with Crippen LogP contribution < -0.4 is 4.90 Å². The molecule has 0 bridgehead atoms. The quantitative estimate of drug-likeness (QED) is 0.598. The van der Waals surface area contributed by atoms with Gasteiger partial charge >= 0.3 is 0 Å². The van der Waals surface area contributed by atoms with Crippen LogP contribution in [0.5, 0.6) is 0 Å². The summed E-state index contributed by atoms with van der Waals surface area (Å²) in [4.78, 5) is 15.4. The largest absolute Gasteiger partial charge is 0.314 e. The second kappa shape index (κ2) is 6.51. The number of hydrogen-bond acceptors (Lipinski definition) is 1. The Balaban J connectivity index is 2.07. The first kappa shape index (κ1) is 17.2. The summed E-state index contributed by atoms with van der Waals surface area (Å²) in [6.45, 7) is 4.06. The Hall–Kier alpha value is -3.20. The third kappa shape index (κ3) is 2.42. The highest BCUT2D eigenvalue weighted by molar-refractivity contribution is 6.11. The standard InChI is InChI=1S/C24H20FNO/c1-3-20(17-9-5-4-6-10-17)24(18-13-15-19(25)16-14-18)21-11-7-8-12-22(21)26(2)23(24)27/h3-16,20H,1H2,2H3. The maximum atomic E-state index is 13.7. The molecule has 0 radical (unpaired) electrons. The number of para-hydroxylation sites is 1. The highest BCUT2D eigenvalue weighted by Gasteiger charge is 2.55. The molecule has 2 atom stereocenters. The number of amides is 1. The van der Waals surface area contributed by atoms with E-state index < -0.39 is 5.41 Å². The predicted octanol–water partition coefficient (Wildman–Crippen LogP) is 5.06. The van der Waals surface area contributed by atoms with Crippen LogP contribution in [0.3, 0.4) is 0 Å². The number of allylic oxidation sites excluding steroid dienone is 1. The first-order chi connectivity index (χ1) is 13.1. The molecule has 134 valence electrons. The molecule has 2 nitrogen and oxygen atoms in total. The number of carbonyl (C=O) groups is 1. The van der Waals surface area contributed by atoms with E-state index in [2.05, 4.69) is 6.58 Å². The Labute approximate surface area is 158 Å². The van der Waals surface area contributed by atoms with Crippen molar-refractivity contribution >= 4 is 11.6 Å². The van der Waals surface area contributed by atoms with Crippen molar-refractivity contribution in [3.8, 4) is 0 Å². The van der Waals surface area contributed by atoms with Crippen molar-refractivity contribution in [2.24, 2.45) is 0 Å². The summed E-state index contributed by atoms with van der Waals surface area (Å²) in [5.41, 5.74) is 2.56. The van der Waals surface area contributed by atoms with Crippen LogP contribution in [0.25, 0.3) is 0 Å². The lowest BCUT2D eigenvalue weighted by Crippen LogP contribution is -2.44. The van der Waals surface area contributed by atoms with Gasteiger partial charge in [-0.1, -0.05) is 66.7 Å². The molecule has 1 aliphatic rings. The first-order valence-electron chi connectivity index (χ1n) is 8.92. The summed E-state index contributed by atoms with van der Waals surface area (Å²) in [6.07, 6.45) is 1.83. The number of carbonyl (C=O) groups excluding carboxylic acids is 1. The Kier molecular flexibility index (Phi) is 4.15. The third-order valence-corrected chi connectivity index (χ3v) is 5.49. The molecule has 2 unspecified atom stereocenters. The zero-order valence-electron chi connectivity index (χ0n) is 15.1. The molecular formula is C24H20FNO. The van der Waals surface area contributed by atoms with Gasteiger partial charge in [0.2, 0.25) is 5.91 Å². The van der Waals surface area contributed by atoms with E-state index in [0.29, 0.717) is 0 Å². The highest BCUT2D eigenvalue weighted by atomic mass is 19.1. The minimum absolute atomic E-state index is 0.0379. The van der Waals surface area contributed by atoms with Crippen LogP contribution in [0, 0.1) is 5.82 Å². The van der Waals surface area contributed by atoms with E-state index in [4.69, 9.17) is 0 Å². The van der Waals surface area contributed by atoms with Gasteiger partial charge < -0.3 is 4.90 Å². The minimum Gasteiger partial charge on any atom is -0.314 e. The molecule has 3 aromatic carbocycles. The van der Waals surface area contributed by atoms with Crippen molar-refractivity contribution in [3.05, 3.63) is 114 Å². The lowest BCUT2D eigenvalue weighted by atomic mass is 9.64. The van der Waals surface area contributed by atoms with E-state index in [9.17, 15) is 9.18 Å². The molecule has 3 aromatic rings. The number of rotatable bonds is 4. The van der Waals surface area contributed by atoms with Crippen LogP contribution >= 0.6 is 0 Å². The van der Waals surface area contributed by atoms with Crippen LogP contribution in [0.2, 0.25) is 0 Å². The van der Waals surface area contributed by atoms with Crippen LogP contribution in [-0.2, 0) is 10.2 Å². The van der Waals surface area contributed by atoms with Gasteiger partial charge in [-0.05, 0) is 34.9 Å². The van der Waals surface area contributed by atoms with Crippen LogP contribution in [-0.4, -0.2) is 13.0 Å². The van der Waals surface area contributed by atoms with Crippen molar-refractivity contribution in [1.82, 2.24) is 0 Å². The zero-order chi connectivity index (χ0) is 19.0. The lowest BCUT2D eigenvalue weighted by molar-refractivity contribution is -0.122. The van der Waals surface area contributed by atoms with Crippen LogP contribution in [0.1, 0.15) is 22.6 Å². The molecule has 0 spiro atoms. The van der Waals surface area contributed by atoms with Gasteiger partial charge in [0.05, 0.1) is 0 Å². The second-order valence-corrected chi connectivity index (χ2v) is 6.82. The molecule has 27 heavy (non-hydrogen) atoms. The van der Waals surface area contributed by atoms with E-state index in [1.54, 1.807) is 24.1 Å². The van der Waals surface area contributed by atoms with E-state index in [0.717, 1.165) is 22.4 Å². The molecule has 0 aromatic heterocycles. The third-order valence-electron chi connectivity index (χ3n) is 5.49. The molecule has 3 heteroatoms. The van der Waals surface area contributed by atoms with Gasteiger partial charge in [0, 0.05) is 18.7 Å². The van der Waals surface area contributed by atoms with E-state index in [1.807, 2.05) is 60.7 Å². The van der Waals surface area contributed by atoms with Gasteiger partial charge in [0.25, 0.3) is 0 Å². The first-order valence-corrected chi connectivity index (χ1v) is 8.92. The molecule has 1 aliphatic heterocycles. The maximum absolute atomic E-state index is 13.7. The van der Waals surface area contributed by atoms with Crippen molar-refractivity contribution in [3.63, 3.8) is 0 Å². The van der Waals surface area contributed by atoms with Gasteiger partial charge in [0.15, 0.2) is 0 Å². The molecule has 1 amide bonds. The van der Waals surface area contributed by atoms with Gasteiger partial charge in [-0.3, -0.25) is 4.79 Å². The fourth-order valence-electron chi connectivity index (χ4n) is 4.28. The lowest BCUT2D eigenvalue weighted by Gasteiger charge is -2.36. The normalized spacial score (nSPS) is 19.6. The van der Waals surface area contributed by atoms with E-state index in [-0.39, 0.29) is 17.6 Å². The van der Waals surface area contributed by atoms with Gasteiger partial charge in [-0.2, -0.15) is 0 Å². The van der Waals surface area contributed by atoms with Gasteiger partial charge in [0.1, 0.15) is 11.2 Å². The van der Waals surface area contributed by atoms with Crippen LogP contribution in [0.15, 0.2) is 91.5 Å². The van der Waals surface area contributed by atoms with E-state index in [1.165, 1.54) is 12.1 Å². The summed E-state index contributed by atoms with van der Waals surface area (Å²) in [6, 6.07) is 23.9. The molecular weight excluding hydrogens is 337 g/mol. The Morgan fingerprint density at radius 3 is 2.26 bits per heavy atom. The molecule has 0 N–H and O–H groups in total. The SMILES string of the molecule is C=CC(c1ccccc1)C1(c2ccc(F)cc2)C(=O)N(C)c2ccccc21. The van der Waals surface area contributed by atoms with Gasteiger partial charge in [-0.25, -0.2) is 4.39 Å². The summed E-state index contributed by atoms with van der Waals surface area (Å²) in [7, 11) is 1.79. The average molecular weight is 357 g/mol. The summed E-state index contributed by atoms with van der Waals surface area (Å²) in [5, 5.41) is 0. The van der Waals surface area contributed by atoms with Crippen molar-refractivity contribution < 1.29 is 9.18 Å². The summed E-state index contributed by atoms with van der Waals surface area (Å²) >= 11 is 0. The highest BCUT2D eigenvalue weighted by Crippen LogP contribution is 2.53. The van der Waals surface area contributed by atoms with E-state index >= 15 is 0 Å². The number of benzene rings is 3. The average Bonchev–Trinajstić information content (AvgIpc) is 2.93. The van der Waals surface area contributed by atoms with Crippen LogP contribution in [0.4, 0.5) is 10.1 Å². The monoisotopic (exact) mass is 357 g/mol. The van der Waals surface area contributed by atoms with Crippen molar-refractivity contribution in [2.75, 3.05) is 11.9 Å². The molecule has 0 saturated carbocycles. The summed E-state index contributed by atoms with van der Waals surface area (Å²) in [5.74, 6) is -0.650. The molecule has 1 heterocycles. The van der Waals surface area contributed by atoms with Crippen molar-refractivity contribution in [1.29, 1.82) is 0 Å². The maximum Gasteiger partial charge on any atom is 0.242 e. The fraction of sp³-hybridized carbons (Fsp3) is 0.125. The predicted molar refractivity (Wildman–Crippen MR) is 106 cm³/mol. The number of hydrogen-bond donors (Lipinski definition) is 0. The minimum atomic E-state index is -0.984. The second-order valence-electron chi connectivity index (χ2n) is 6.82. The zero-order valence-corrected chi connectivity index (χ0v) is 15.1. The smallest absolute Gasteiger partial charge is 0.242 e. The molecule has 4 rings (SSSR count). The fourth-order valence-corrected chi connectivity index (χ4v) is 4.28. The number of fused-ring (bicyclic) bond motifs is 1. The molecule has 0 saturated heterocycles. The van der Waals surface area contributed by atoms with Crippen molar-refractivity contribution in [2.45, 2.75) is 11.3 Å². The Morgan fingerprint density at radius 1 is 0.963 bits per heavy atom. The number of likely N-dealkylation sites (N-methyl/N-ethyl adjacent to an activating group) is 1. The number of nitrogens with zero attached hydrogens (tertiary/aromatic N) is 1. The topological polar surface area (TPSA) is 20.3 Å². The Bertz CT molecular complexity index is 996. The molecule has 0 aliphatic carbocycles. The number of anilines is 1.